The molecule has 3 heteroatoms. The molecule has 0 aromatic heterocycles. The van der Waals surface area contributed by atoms with Gasteiger partial charge in [-0.05, 0) is 44.4 Å². The fourth-order valence-corrected chi connectivity index (χ4v) is 3.95. The Hall–Kier alpha value is -0.670. The van der Waals surface area contributed by atoms with Gasteiger partial charge in [-0.3, -0.25) is 4.79 Å². The minimum absolute atomic E-state index is 0.0515. The van der Waals surface area contributed by atoms with Crippen molar-refractivity contribution < 1.29 is 15.0 Å². The number of carbonyl (C=O) groups is 1. The van der Waals surface area contributed by atoms with Crippen LogP contribution in [0.15, 0.2) is 11.1 Å². The van der Waals surface area contributed by atoms with Crippen molar-refractivity contribution in [3.63, 3.8) is 0 Å². The van der Waals surface area contributed by atoms with Crippen LogP contribution in [0.3, 0.4) is 0 Å². The third-order valence-electron chi connectivity index (χ3n) is 4.74. The summed E-state index contributed by atoms with van der Waals surface area (Å²) in [7, 11) is 0. The molecule has 94 valence electrons. The highest BCUT2D eigenvalue weighted by atomic mass is 16.3. The topological polar surface area (TPSA) is 57.5 Å². The Labute approximate surface area is 102 Å². The standard InChI is InChI=1S/C14H20O3/c15-10-5-1-3-8-7-9-4-2-6-11(16)13(9)14(17)12(8)10/h8,10-12,15-16H,1-7H2. The number of Topliss-reactive ketones (excluding diaryl/α,β-unsaturated/α-hetero) is 1. The number of allylic oxidation sites excluding steroid dienone is 1. The van der Waals surface area contributed by atoms with E-state index in [4.69, 9.17) is 0 Å². The molecule has 3 rings (SSSR count). The average molecular weight is 236 g/mol. The van der Waals surface area contributed by atoms with Gasteiger partial charge in [-0.25, -0.2) is 0 Å². The van der Waals surface area contributed by atoms with Gasteiger partial charge in [-0.1, -0.05) is 12.0 Å². The maximum absolute atomic E-state index is 12.4. The smallest absolute Gasteiger partial charge is 0.167 e. The third kappa shape index (κ3) is 1.76. The van der Waals surface area contributed by atoms with Gasteiger partial charge in [0, 0.05) is 5.57 Å². The van der Waals surface area contributed by atoms with Gasteiger partial charge in [-0.2, -0.15) is 0 Å². The van der Waals surface area contributed by atoms with E-state index in [1.54, 1.807) is 0 Å². The van der Waals surface area contributed by atoms with Crippen LogP contribution in [0, 0.1) is 11.8 Å². The predicted octanol–water partition coefficient (Wildman–Crippen LogP) is 1.58. The maximum Gasteiger partial charge on any atom is 0.167 e. The Morgan fingerprint density at radius 2 is 1.88 bits per heavy atom. The first-order valence-electron chi connectivity index (χ1n) is 6.80. The zero-order chi connectivity index (χ0) is 12.0. The highest BCUT2D eigenvalue weighted by molar-refractivity contribution is 6.00. The number of aliphatic hydroxyl groups is 2. The zero-order valence-corrected chi connectivity index (χ0v) is 10.1. The van der Waals surface area contributed by atoms with E-state index in [-0.39, 0.29) is 11.7 Å². The molecule has 2 N–H and O–H groups in total. The van der Waals surface area contributed by atoms with Crippen molar-refractivity contribution in [3.8, 4) is 0 Å². The lowest BCUT2D eigenvalue weighted by Gasteiger charge is -2.41. The van der Waals surface area contributed by atoms with Crippen LogP contribution in [-0.4, -0.2) is 28.2 Å². The number of rotatable bonds is 0. The zero-order valence-electron chi connectivity index (χ0n) is 10.1. The molecule has 0 aromatic carbocycles. The quantitative estimate of drug-likeness (QED) is 0.671. The molecule has 0 amide bonds. The largest absolute Gasteiger partial charge is 0.392 e. The molecule has 1 fully saturated rings. The van der Waals surface area contributed by atoms with Crippen molar-refractivity contribution in [2.75, 3.05) is 0 Å². The van der Waals surface area contributed by atoms with Crippen molar-refractivity contribution in [2.24, 2.45) is 11.8 Å². The number of aliphatic hydroxyl groups excluding tert-OH is 2. The highest BCUT2D eigenvalue weighted by Gasteiger charge is 2.45. The molecule has 4 unspecified atom stereocenters. The van der Waals surface area contributed by atoms with E-state index < -0.39 is 12.2 Å². The van der Waals surface area contributed by atoms with Crippen LogP contribution in [0.25, 0.3) is 0 Å². The summed E-state index contributed by atoms with van der Waals surface area (Å²) in [6.07, 6.45) is 5.38. The normalized spacial score (nSPS) is 42.1. The molecule has 3 aliphatic rings. The summed E-state index contributed by atoms with van der Waals surface area (Å²) in [5.41, 5.74) is 1.85. The molecule has 0 saturated heterocycles. The molecule has 0 aliphatic heterocycles. The Morgan fingerprint density at radius 3 is 2.71 bits per heavy atom. The SMILES string of the molecule is O=C1C2=C(CCCC2O)CC2CCCC(O)C12. The third-order valence-corrected chi connectivity index (χ3v) is 4.74. The van der Waals surface area contributed by atoms with Gasteiger partial charge in [0.2, 0.25) is 0 Å². The first kappa shape index (κ1) is 11.4. The number of fused-ring (bicyclic) bond motifs is 1. The fourth-order valence-electron chi connectivity index (χ4n) is 3.95. The van der Waals surface area contributed by atoms with E-state index in [0.717, 1.165) is 38.5 Å². The van der Waals surface area contributed by atoms with Gasteiger partial charge in [0.15, 0.2) is 5.78 Å². The molecule has 0 radical (unpaired) electrons. The molecule has 4 atom stereocenters. The summed E-state index contributed by atoms with van der Waals surface area (Å²) in [5.74, 6) is 0.154. The van der Waals surface area contributed by atoms with E-state index in [1.807, 2.05) is 0 Å². The molecular formula is C14H20O3. The van der Waals surface area contributed by atoms with Crippen LogP contribution >= 0.6 is 0 Å². The summed E-state index contributed by atoms with van der Waals surface area (Å²) < 4.78 is 0. The second-order valence-electron chi connectivity index (χ2n) is 5.78. The molecular weight excluding hydrogens is 216 g/mol. The van der Waals surface area contributed by atoms with Crippen molar-refractivity contribution in [2.45, 2.75) is 57.2 Å². The van der Waals surface area contributed by atoms with Crippen LogP contribution in [0.2, 0.25) is 0 Å². The van der Waals surface area contributed by atoms with Crippen molar-refractivity contribution in [1.82, 2.24) is 0 Å². The fraction of sp³-hybridized carbons (Fsp3) is 0.786. The molecule has 1 saturated carbocycles. The van der Waals surface area contributed by atoms with E-state index in [0.29, 0.717) is 17.9 Å². The number of hydrogen-bond acceptors (Lipinski definition) is 3. The van der Waals surface area contributed by atoms with Gasteiger partial charge < -0.3 is 10.2 Å². The minimum atomic E-state index is -0.568. The van der Waals surface area contributed by atoms with Crippen LogP contribution in [0.4, 0.5) is 0 Å². The van der Waals surface area contributed by atoms with E-state index in [9.17, 15) is 15.0 Å². The molecule has 3 aliphatic carbocycles. The summed E-state index contributed by atoms with van der Waals surface area (Å²) in [6, 6.07) is 0. The molecule has 0 bridgehead atoms. The maximum atomic E-state index is 12.4. The summed E-state index contributed by atoms with van der Waals surface area (Å²) in [4.78, 5) is 12.4. The van der Waals surface area contributed by atoms with Crippen LogP contribution < -0.4 is 0 Å². The number of ketones is 1. The first-order chi connectivity index (χ1) is 8.18. The lowest BCUT2D eigenvalue weighted by atomic mass is 9.64. The monoisotopic (exact) mass is 236 g/mol. The van der Waals surface area contributed by atoms with Gasteiger partial charge in [0.1, 0.15) is 0 Å². The lowest BCUT2D eigenvalue weighted by molar-refractivity contribution is -0.129. The van der Waals surface area contributed by atoms with Gasteiger partial charge in [0.05, 0.1) is 18.1 Å². The van der Waals surface area contributed by atoms with E-state index in [2.05, 4.69) is 0 Å². The molecule has 0 heterocycles. The Bertz CT molecular complexity index is 372. The summed E-state index contributed by atoms with van der Waals surface area (Å²) in [5, 5.41) is 20.0. The van der Waals surface area contributed by atoms with Crippen LogP contribution in [0.5, 0.6) is 0 Å². The van der Waals surface area contributed by atoms with Gasteiger partial charge in [0.25, 0.3) is 0 Å². The van der Waals surface area contributed by atoms with Crippen molar-refractivity contribution in [1.29, 1.82) is 0 Å². The minimum Gasteiger partial charge on any atom is -0.392 e. The Kier molecular flexibility index (Phi) is 2.83. The van der Waals surface area contributed by atoms with Gasteiger partial charge >= 0.3 is 0 Å². The molecule has 17 heavy (non-hydrogen) atoms. The van der Waals surface area contributed by atoms with E-state index in [1.165, 1.54) is 5.57 Å². The van der Waals surface area contributed by atoms with Crippen LogP contribution in [0.1, 0.15) is 44.9 Å². The molecule has 3 nitrogen and oxygen atoms in total. The lowest BCUT2D eigenvalue weighted by Crippen LogP contribution is -2.44. The van der Waals surface area contributed by atoms with Gasteiger partial charge in [-0.15, -0.1) is 0 Å². The molecule has 0 aromatic rings. The predicted molar refractivity (Wildman–Crippen MR) is 63.3 cm³/mol. The first-order valence-corrected chi connectivity index (χ1v) is 6.80. The van der Waals surface area contributed by atoms with E-state index >= 15 is 0 Å². The second kappa shape index (κ2) is 4.21. The van der Waals surface area contributed by atoms with Crippen molar-refractivity contribution in [3.05, 3.63) is 11.1 Å². The average Bonchev–Trinajstić information content (AvgIpc) is 2.28. The number of hydrogen-bond donors (Lipinski definition) is 2. The van der Waals surface area contributed by atoms with Crippen molar-refractivity contribution >= 4 is 5.78 Å². The Balaban J connectivity index is 1.96. The van der Waals surface area contributed by atoms with Crippen LogP contribution in [-0.2, 0) is 4.79 Å². The highest BCUT2D eigenvalue weighted by Crippen LogP contribution is 2.45. The summed E-state index contributed by atoms with van der Waals surface area (Å²) >= 11 is 0. The Morgan fingerprint density at radius 1 is 1.06 bits per heavy atom. The second-order valence-corrected chi connectivity index (χ2v) is 5.78. The molecule has 0 spiro atoms. The summed E-state index contributed by atoms with van der Waals surface area (Å²) in [6.45, 7) is 0. The number of carbonyl (C=O) groups excluding carboxylic acids is 1.